The van der Waals surface area contributed by atoms with Crippen LogP contribution >= 0.6 is 11.6 Å². The van der Waals surface area contributed by atoms with Crippen molar-refractivity contribution in [3.8, 4) is 0 Å². The van der Waals surface area contributed by atoms with Gasteiger partial charge < -0.3 is 14.5 Å². The van der Waals surface area contributed by atoms with Crippen molar-refractivity contribution in [2.24, 2.45) is 0 Å². The standard InChI is InChI=1S/C16H16ClFN2O3/c17-11-2-1-3-12(18)10(11)8-14(21)19-5-4-16-13(19)9-15(22)20(16)6-7-23-16/h1-3,13H,4-9H2/t13-,16+/m1/s1. The van der Waals surface area contributed by atoms with Gasteiger partial charge in [-0.05, 0) is 12.1 Å². The normalized spacial score (nSPS) is 29.1. The summed E-state index contributed by atoms with van der Waals surface area (Å²) >= 11 is 6.00. The van der Waals surface area contributed by atoms with Gasteiger partial charge in [-0.3, -0.25) is 9.59 Å². The average Bonchev–Trinajstić information content (AvgIpc) is 3.14. The van der Waals surface area contributed by atoms with Gasteiger partial charge in [0, 0.05) is 30.1 Å². The van der Waals surface area contributed by atoms with Crippen molar-refractivity contribution in [3.63, 3.8) is 0 Å². The van der Waals surface area contributed by atoms with E-state index in [4.69, 9.17) is 16.3 Å². The van der Waals surface area contributed by atoms with Crippen LogP contribution < -0.4 is 0 Å². The van der Waals surface area contributed by atoms with Crippen LogP contribution in [0.15, 0.2) is 18.2 Å². The molecule has 23 heavy (non-hydrogen) atoms. The Hall–Kier alpha value is -1.66. The van der Waals surface area contributed by atoms with Crippen molar-refractivity contribution in [1.82, 2.24) is 9.80 Å². The van der Waals surface area contributed by atoms with Gasteiger partial charge in [-0.15, -0.1) is 0 Å². The molecule has 2 atom stereocenters. The monoisotopic (exact) mass is 338 g/mol. The van der Waals surface area contributed by atoms with E-state index in [1.165, 1.54) is 12.1 Å². The second kappa shape index (κ2) is 5.18. The second-order valence-corrected chi connectivity index (χ2v) is 6.58. The Balaban J connectivity index is 1.58. The summed E-state index contributed by atoms with van der Waals surface area (Å²) in [5.74, 6) is -0.682. The minimum Gasteiger partial charge on any atom is -0.351 e. The Kier molecular flexibility index (Phi) is 3.35. The first kappa shape index (κ1) is 14.9. The van der Waals surface area contributed by atoms with E-state index in [0.29, 0.717) is 26.1 Å². The van der Waals surface area contributed by atoms with Crippen molar-refractivity contribution >= 4 is 23.4 Å². The molecule has 3 aliphatic rings. The molecule has 0 N–H and O–H groups in total. The van der Waals surface area contributed by atoms with E-state index in [1.54, 1.807) is 15.9 Å². The van der Waals surface area contributed by atoms with Gasteiger partial charge in [0.15, 0.2) is 5.72 Å². The number of ether oxygens (including phenoxy) is 1. The maximum atomic E-state index is 13.9. The summed E-state index contributed by atoms with van der Waals surface area (Å²) in [4.78, 5) is 28.2. The van der Waals surface area contributed by atoms with Gasteiger partial charge in [0.2, 0.25) is 11.8 Å². The third kappa shape index (κ3) is 2.08. The number of carbonyl (C=O) groups excluding carboxylic acids is 2. The first-order valence-corrected chi connectivity index (χ1v) is 8.07. The van der Waals surface area contributed by atoms with E-state index in [0.717, 1.165) is 0 Å². The molecule has 3 saturated heterocycles. The van der Waals surface area contributed by atoms with Crippen molar-refractivity contribution < 1.29 is 18.7 Å². The lowest BCUT2D eigenvalue weighted by Gasteiger charge is -2.31. The Morgan fingerprint density at radius 1 is 1.43 bits per heavy atom. The molecule has 3 heterocycles. The number of amides is 2. The summed E-state index contributed by atoms with van der Waals surface area (Å²) in [5.41, 5.74) is -0.459. The summed E-state index contributed by atoms with van der Waals surface area (Å²) in [7, 11) is 0. The number of benzene rings is 1. The maximum Gasteiger partial charge on any atom is 0.227 e. The van der Waals surface area contributed by atoms with Crippen LogP contribution in [0.3, 0.4) is 0 Å². The molecule has 3 fully saturated rings. The number of rotatable bonds is 2. The van der Waals surface area contributed by atoms with Crippen LogP contribution in [0.2, 0.25) is 5.02 Å². The molecule has 0 unspecified atom stereocenters. The third-order valence-electron chi connectivity index (χ3n) is 5.11. The van der Waals surface area contributed by atoms with Crippen molar-refractivity contribution in [2.45, 2.75) is 31.0 Å². The van der Waals surface area contributed by atoms with E-state index in [2.05, 4.69) is 0 Å². The predicted molar refractivity (Wildman–Crippen MR) is 80.2 cm³/mol. The van der Waals surface area contributed by atoms with Gasteiger partial charge in [0.25, 0.3) is 0 Å². The van der Waals surface area contributed by atoms with Crippen LogP contribution in [0.4, 0.5) is 4.39 Å². The highest BCUT2D eigenvalue weighted by molar-refractivity contribution is 6.31. The van der Waals surface area contributed by atoms with Gasteiger partial charge in [-0.1, -0.05) is 17.7 Å². The largest absolute Gasteiger partial charge is 0.351 e. The zero-order chi connectivity index (χ0) is 16.2. The molecular weight excluding hydrogens is 323 g/mol. The summed E-state index contributed by atoms with van der Waals surface area (Å²) < 4.78 is 19.7. The van der Waals surface area contributed by atoms with E-state index in [-0.39, 0.29) is 41.3 Å². The molecule has 4 rings (SSSR count). The Morgan fingerprint density at radius 3 is 3.04 bits per heavy atom. The molecule has 5 nitrogen and oxygen atoms in total. The number of nitrogens with zero attached hydrogens (tertiary/aromatic N) is 2. The second-order valence-electron chi connectivity index (χ2n) is 6.17. The summed E-state index contributed by atoms with van der Waals surface area (Å²) in [6.07, 6.45) is 0.781. The van der Waals surface area contributed by atoms with E-state index >= 15 is 0 Å². The maximum absolute atomic E-state index is 13.9. The summed E-state index contributed by atoms with van der Waals surface area (Å²) in [6.45, 7) is 1.60. The van der Waals surface area contributed by atoms with Crippen LogP contribution in [0.1, 0.15) is 18.4 Å². The molecule has 1 aromatic rings. The predicted octanol–water partition coefficient (Wildman–Crippen LogP) is 1.58. The zero-order valence-electron chi connectivity index (χ0n) is 12.4. The Morgan fingerprint density at radius 2 is 2.26 bits per heavy atom. The number of hydrogen-bond donors (Lipinski definition) is 0. The number of likely N-dealkylation sites (tertiary alicyclic amines) is 1. The molecule has 122 valence electrons. The molecule has 1 aromatic carbocycles. The Bertz CT molecular complexity index is 678. The average molecular weight is 339 g/mol. The third-order valence-corrected chi connectivity index (χ3v) is 5.46. The number of halogens is 2. The first-order chi connectivity index (χ1) is 11.0. The minimum atomic E-state index is -0.661. The molecule has 0 bridgehead atoms. The lowest BCUT2D eigenvalue weighted by molar-refractivity contribution is -0.139. The van der Waals surface area contributed by atoms with E-state index in [9.17, 15) is 14.0 Å². The van der Waals surface area contributed by atoms with Gasteiger partial charge in [0.1, 0.15) is 5.82 Å². The Labute approximate surface area is 137 Å². The van der Waals surface area contributed by atoms with Gasteiger partial charge in [0.05, 0.1) is 25.5 Å². The summed E-state index contributed by atoms with van der Waals surface area (Å²) in [5, 5.41) is 0.244. The zero-order valence-corrected chi connectivity index (χ0v) is 13.2. The smallest absolute Gasteiger partial charge is 0.227 e. The fourth-order valence-electron chi connectivity index (χ4n) is 4.04. The quantitative estimate of drug-likeness (QED) is 0.822. The molecule has 7 heteroatoms. The fourth-order valence-corrected chi connectivity index (χ4v) is 4.27. The van der Waals surface area contributed by atoms with Crippen molar-refractivity contribution in [3.05, 3.63) is 34.6 Å². The van der Waals surface area contributed by atoms with E-state index < -0.39 is 11.5 Å². The van der Waals surface area contributed by atoms with E-state index in [1.807, 2.05) is 0 Å². The fraction of sp³-hybridized carbons (Fsp3) is 0.500. The molecule has 0 aliphatic carbocycles. The summed E-state index contributed by atoms with van der Waals surface area (Å²) in [6, 6.07) is 4.09. The van der Waals surface area contributed by atoms with Crippen LogP contribution in [0.5, 0.6) is 0 Å². The molecule has 3 aliphatic heterocycles. The molecule has 1 spiro atoms. The minimum absolute atomic E-state index is 0.0222. The molecular formula is C16H16ClFN2O3. The lowest BCUT2D eigenvalue weighted by Crippen LogP contribution is -2.49. The van der Waals surface area contributed by atoms with Crippen molar-refractivity contribution in [2.75, 3.05) is 19.7 Å². The molecule has 0 saturated carbocycles. The van der Waals surface area contributed by atoms with Crippen molar-refractivity contribution in [1.29, 1.82) is 0 Å². The SMILES string of the molecule is O=C(Cc1c(F)cccc1Cl)N1CC[C@@]23OCCN2C(=O)C[C@@H]13. The first-order valence-electron chi connectivity index (χ1n) is 7.70. The highest BCUT2D eigenvalue weighted by atomic mass is 35.5. The topological polar surface area (TPSA) is 49.9 Å². The van der Waals surface area contributed by atoms with Crippen LogP contribution in [0, 0.1) is 5.82 Å². The highest BCUT2D eigenvalue weighted by Gasteiger charge is 2.62. The van der Waals surface area contributed by atoms with Crippen LogP contribution in [-0.2, 0) is 20.7 Å². The number of hydrogen-bond acceptors (Lipinski definition) is 3. The molecule has 0 aromatic heterocycles. The van der Waals surface area contributed by atoms with Gasteiger partial charge >= 0.3 is 0 Å². The molecule has 0 radical (unpaired) electrons. The van der Waals surface area contributed by atoms with Gasteiger partial charge in [-0.2, -0.15) is 0 Å². The number of carbonyl (C=O) groups is 2. The van der Waals surface area contributed by atoms with Crippen LogP contribution in [0.25, 0.3) is 0 Å². The lowest BCUT2D eigenvalue weighted by atomic mass is 10.1. The highest BCUT2D eigenvalue weighted by Crippen LogP contribution is 2.45. The van der Waals surface area contributed by atoms with Crippen LogP contribution in [-0.4, -0.2) is 53.1 Å². The van der Waals surface area contributed by atoms with Gasteiger partial charge in [-0.25, -0.2) is 4.39 Å². The molecule has 2 amide bonds.